The smallest absolute Gasteiger partial charge is 0.320 e. The van der Waals surface area contributed by atoms with Crippen molar-refractivity contribution in [2.45, 2.75) is 25.0 Å². The number of fused-ring (bicyclic) bond motifs is 1. The number of allylic oxidation sites excluding steroid dienone is 1. The predicted molar refractivity (Wildman–Crippen MR) is 97.7 cm³/mol. The fourth-order valence-corrected chi connectivity index (χ4v) is 3.82. The van der Waals surface area contributed by atoms with Gasteiger partial charge in [-0.1, -0.05) is 13.3 Å². The Morgan fingerprint density at radius 1 is 1.33 bits per heavy atom. The van der Waals surface area contributed by atoms with E-state index in [-0.39, 0.29) is 18.1 Å². The van der Waals surface area contributed by atoms with Gasteiger partial charge in [-0.3, -0.25) is 4.79 Å². The van der Waals surface area contributed by atoms with E-state index in [0.717, 1.165) is 29.5 Å². The Bertz CT molecular complexity index is 869. The third-order valence-electron chi connectivity index (χ3n) is 4.23. The third kappa shape index (κ3) is 3.92. The second-order valence-electron chi connectivity index (χ2n) is 6.13. The summed E-state index contributed by atoms with van der Waals surface area (Å²) in [6, 6.07) is 2.13. The molecule has 27 heavy (non-hydrogen) atoms. The van der Waals surface area contributed by atoms with E-state index in [4.69, 9.17) is 0 Å². The van der Waals surface area contributed by atoms with Gasteiger partial charge in [-0.25, -0.2) is 13.6 Å². The molecule has 2 aliphatic rings. The summed E-state index contributed by atoms with van der Waals surface area (Å²) < 4.78 is 28.2. The van der Waals surface area contributed by atoms with E-state index in [2.05, 4.69) is 5.32 Å². The first-order valence-corrected chi connectivity index (χ1v) is 9.43. The van der Waals surface area contributed by atoms with Gasteiger partial charge in [0.15, 0.2) is 11.8 Å². The molecule has 0 aliphatic carbocycles. The van der Waals surface area contributed by atoms with Gasteiger partial charge in [0.05, 0.1) is 12.2 Å². The zero-order valence-electron chi connectivity index (χ0n) is 14.6. The lowest BCUT2D eigenvalue weighted by molar-refractivity contribution is -0.425. The Balaban J connectivity index is 1.82. The van der Waals surface area contributed by atoms with Crippen LogP contribution >= 0.6 is 11.8 Å². The number of hydrogen-bond donors (Lipinski definition) is 1. The molecule has 1 N–H and O–H groups in total. The molecule has 2 aliphatic heterocycles. The zero-order valence-corrected chi connectivity index (χ0v) is 15.4. The van der Waals surface area contributed by atoms with Crippen molar-refractivity contribution < 1.29 is 27.7 Å². The molecule has 1 atom stereocenters. The van der Waals surface area contributed by atoms with Gasteiger partial charge in [-0.05, 0) is 30.0 Å². The predicted octanol–water partition coefficient (Wildman–Crippen LogP) is 2.75. The normalized spacial score (nSPS) is 18.9. The molecule has 0 aromatic heterocycles. The van der Waals surface area contributed by atoms with Gasteiger partial charge < -0.3 is 5.32 Å². The molecule has 2 heterocycles. The number of carbonyl (C=O) groups excluding carboxylic acids is 3. The van der Waals surface area contributed by atoms with Gasteiger partial charge >= 0.3 is 11.9 Å². The highest BCUT2D eigenvalue weighted by molar-refractivity contribution is 8.04. The topological polar surface area (TPSA) is 69.5 Å². The SMILES string of the molecule is CCCCN1C(=O)C2SC=CC2=[N+](CC(=O)Nc2cc(F)ccc2F)C1=O. The molecule has 4 amide bonds. The summed E-state index contributed by atoms with van der Waals surface area (Å²) >= 11 is 1.27. The van der Waals surface area contributed by atoms with Crippen molar-refractivity contribution in [1.82, 2.24) is 4.90 Å². The second-order valence-corrected chi connectivity index (χ2v) is 7.14. The third-order valence-corrected chi connectivity index (χ3v) is 5.23. The van der Waals surface area contributed by atoms with Gasteiger partial charge in [0.1, 0.15) is 17.3 Å². The van der Waals surface area contributed by atoms with Crippen LogP contribution in [0.2, 0.25) is 0 Å². The van der Waals surface area contributed by atoms with E-state index >= 15 is 0 Å². The zero-order chi connectivity index (χ0) is 19.6. The molecule has 0 saturated heterocycles. The molecule has 0 fully saturated rings. The number of imide groups is 1. The number of carbonyl (C=O) groups is 3. The number of anilines is 1. The number of rotatable bonds is 6. The molecule has 0 saturated carbocycles. The average Bonchev–Trinajstić information content (AvgIpc) is 3.12. The molecule has 0 bridgehead atoms. The number of hydrogen-bond acceptors (Lipinski definition) is 4. The van der Waals surface area contributed by atoms with Crippen molar-refractivity contribution in [2.24, 2.45) is 0 Å². The van der Waals surface area contributed by atoms with Crippen LogP contribution in [-0.2, 0) is 9.59 Å². The lowest BCUT2D eigenvalue weighted by Gasteiger charge is -2.24. The van der Waals surface area contributed by atoms with Gasteiger partial charge in [0.2, 0.25) is 0 Å². The quantitative estimate of drug-likeness (QED) is 0.754. The Labute approximate surface area is 158 Å². The Morgan fingerprint density at radius 2 is 2.11 bits per heavy atom. The number of amides is 4. The van der Waals surface area contributed by atoms with Crippen LogP contribution < -0.4 is 5.32 Å². The lowest BCUT2D eigenvalue weighted by Crippen LogP contribution is -2.56. The van der Waals surface area contributed by atoms with Gasteiger partial charge in [0.25, 0.3) is 5.91 Å². The number of unbranched alkanes of at least 4 members (excludes halogenated alkanes) is 1. The maximum Gasteiger partial charge on any atom is 0.501 e. The van der Waals surface area contributed by atoms with Crippen molar-refractivity contribution in [3.8, 4) is 0 Å². The highest BCUT2D eigenvalue weighted by Crippen LogP contribution is 2.28. The molecule has 1 aromatic rings. The van der Waals surface area contributed by atoms with Crippen molar-refractivity contribution >= 4 is 41.0 Å². The molecule has 9 heteroatoms. The van der Waals surface area contributed by atoms with E-state index in [1.807, 2.05) is 6.92 Å². The van der Waals surface area contributed by atoms with Crippen molar-refractivity contribution in [2.75, 3.05) is 18.4 Å². The average molecular weight is 394 g/mol. The van der Waals surface area contributed by atoms with E-state index in [0.29, 0.717) is 12.1 Å². The van der Waals surface area contributed by atoms with Crippen LogP contribution in [0.25, 0.3) is 0 Å². The Hall–Kier alpha value is -2.55. The summed E-state index contributed by atoms with van der Waals surface area (Å²) in [6.45, 7) is 1.82. The summed E-state index contributed by atoms with van der Waals surface area (Å²) in [4.78, 5) is 38.8. The fraction of sp³-hybridized carbons (Fsp3) is 0.333. The van der Waals surface area contributed by atoms with Crippen molar-refractivity contribution in [1.29, 1.82) is 0 Å². The van der Waals surface area contributed by atoms with E-state index < -0.39 is 35.4 Å². The monoisotopic (exact) mass is 394 g/mol. The van der Waals surface area contributed by atoms with Gasteiger partial charge in [-0.2, -0.15) is 14.3 Å². The van der Waals surface area contributed by atoms with E-state index in [9.17, 15) is 23.2 Å². The van der Waals surface area contributed by atoms with Crippen LogP contribution in [0.15, 0.2) is 29.7 Å². The molecule has 3 rings (SSSR count). The Morgan fingerprint density at radius 3 is 2.85 bits per heavy atom. The van der Waals surface area contributed by atoms with Crippen LogP contribution in [-0.4, -0.2) is 51.4 Å². The van der Waals surface area contributed by atoms with Gasteiger partial charge in [0, 0.05) is 6.07 Å². The standard InChI is InChI=1S/C18H17F2N3O3S/c1-2-3-7-22-17(25)16-14(6-8-27-16)23(18(22)26)10-15(24)21-13-9-11(19)4-5-12(13)20/h4-6,8-9,16H,2-3,7,10H2,1H3/p+1. The second kappa shape index (κ2) is 7.99. The first-order chi connectivity index (χ1) is 12.9. The van der Waals surface area contributed by atoms with Crippen LogP contribution in [0.5, 0.6) is 0 Å². The molecular formula is C18H18F2N3O3S+. The molecule has 0 spiro atoms. The van der Waals surface area contributed by atoms with Crippen LogP contribution in [0.4, 0.5) is 19.3 Å². The summed E-state index contributed by atoms with van der Waals surface area (Å²) in [5.74, 6) is -2.46. The highest BCUT2D eigenvalue weighted by atomic mass is 32.2. The maximum atomic E-state index is 13.7. The van der Waals surface area contributed by atoms with Crippen molar-refractivity contribution in [3.63, 3.8) is 0 Å². The maximum absolute atomic E-state index is 13.7. The Kier molecular flexibility index (Phi) is 5.69. The van der Waals surface area contributed by atoms with Crippen molar-refractivity contribution in [3.05, 3.63) is 41.3 Å². The summed E-state index contributed by atoms with van der Waals surface area (Å²) in [5.41, 5.74) is 0.124. The molecule has 142 valence electrons. The van der Waals surface area contributed by atoms with E-state index in [1.165, 1.54) is 16.3 Å². The number of urea groups is 1. The van der Waals surface area contributed by atoms with Crippen LogP contribution in [0.1, 0.15) is 19.8 Å². The largest absolute Gasteiger partial charge is 0.501 e. The minimum Gasteiger partial charge on any atom is -0.320 e. The molecular weight excluding hydrogens is 376 g/mol. The highest BCUT2D eigenvalue weighted by Gasteiger charge is 2.49. The minimum absolute atomic E-state index is 0.273. The summed E-state index contributed by atoms with van der Waals surface area (Å²) in [6.07, 6.45) is 3.09. The lowest BCUT2D eigenvalue weighted by atomic mass is 10.1. The fourth-order valence-electron chi connectivity index (χ4n) is 2.86. The first-order valence-electron chi connectivity index (χ1n) is 8.49. The molecule has 1 aromatic carbocycles. The first kappa shape index (κ1) is 19.2. The minimum atomic E-state index is -0.781. The molecule has 6 nitrogen and oxygen atoms in total. The number of nitrogens with one attached hydrogen (secondary N) is 1. The van der Waals surface area contributed by atoms with Crippen LogP contribution in [0, 0.1) is 11.6 Å². The summed E-state index contributed by atoms with van der Waals surface area (Å²) in [5, 5.41) is 3.40. The van der Waals surface area contributed by atoms with Crippen LogP contribution in [0.3, 0.4) is 0 Å². The number of nitrogens with zero attached hydrogens (tertiary/aromatic N) is 2. The number of thioether (sulfide) groups is 1. The van der Waals surface area contributed by atoms with E-state index in [1.54, 1.807) is 11.5 Å². The molecule has 0 radical (unpaired) electrons. The summed E-state index contributed by atoms with van der Waals surface area (Å²) in [7, 11) is 0. The van der Waals surface area contributed by atoms with Gasteiger partial charge in [-0.15, -0.1) is 11.8 Å². The number of halogens is 2. The number of benzene rings is 1. The molecule has 1 unspecified atom stereocenters.